The number of allylic oxidation sites excluding steroid dienone is 2. The second kappa shape index (κ2) is 7.58. The standard InChI is InChI=1S/C20H26O6/c1-6-12(3)18(22)26-15-10-20(5,24)16(21)8-7-11(2)9-14-17(15)13(4)19(23)25-14/h6,9,14-15,17,24H,4,7-8,10H2,1-3,5H3/b11-9+,12-6-/t14-,15-,17+,20+/m1/s1. The summed E-state index contributed by atoms with van der Waals surface area (Å²) in [6.07, 6.45) is 2.33. The van der Waals surface area contributed by atoms with E-state index in [1.54, 1.807) is 26.0 Å². The zero-order valence-corrected chi connectivity index (χ0v) is 15.7. The Bertz CT molecular complexity index is 697. The quantitative estimate of drug-likeness (QED) is 0.461. The molecule has 0 bridgehead atoms. The third-order valence-electron chi connectivity index (χ3n) is 5.07. The van der Waals surface area contributed by atoms with Gasteiger partial charge in [0, 0.05) is 24.0 Å². The van der Waals surface area contributed by atoms with Crippen molar-refractivity contribution in [3.63, 3.8) is 0 Å². The van der Waals surface area contributed by atoms with Crippen LogP contribution in [-0.4, -0.2) is 40.6 Å². The Hall–Kier alpha value is -2.21. The van der Waals surface area contributed by atoms with E-state index < -0.39 is 35.7 Å². The van der Waals surface area contributed by atoms with Crippen molar-refractivity contribution in [1.82, 2.24) is 0 Å². The largest absolute Gasteiger partial charge is 0.458 e. The first-order valence-electron chi connectivity index (χ1n) is 8.73. The second-order valence-electron chi connectivity index (χ2n) is 7.25. The van der Waals surface area contributed by atoms with Crippen LogP contribution >= 0.6 is 0 Å². The molecule has 0 radical (unpaired) electrons. The lowest BCUT2D eigenvalue weighted by molar-refractivity contribution is -0.155. The van der Waals surface area contributed by atoms with Crippen LogP contribution in [0.5, 0.6) is 0 Å². The van der Waals surface area contributed by atoms with Crippen LogP contribution < -0.4 is 0 Å². The summed E-state index contributed by atoms with van der Waals surface area (Å²) in [6, 6.07) is 0. The minimum Gasteiger partial charge on any atom is -0.458 e. The van der Waals surface area contributed by atoms with Crippen molar-refractivity contribution >= 4 is 17.7 Å². The Morgan fingerprint density at radius 1 is 1.42 bits per heavy atom. The van der Waals surface area contributed by atoms with Crippen molar-refractivity contribution in [2.45, 2.75) is 64.8 Å². The van der Waals surface area contributed by atoms with E-state index in [4.69, 9.17) is 9.47 Å². The zero-order chi connectivity index (χ0) is 19.6. The summed E-state index contributed by atoms with van der Waals surface area (Å²) in [4.78, 5) is 36.8. The molecule has 0 saturated carbocycles. The lowest BCUT2D eigenvalue weighted by Gasteiger charge is -2.32. The monoisotopic (exact) mass is 362 g/mol. The van der Waals surface area contributed by atoms with Crippen LogP contribution in [0.3, 0.4) is 0 Å². The maximum atomic E-state index is 12.4. The fourth-order valence-corrected chi connectivity index (χ4v) is 3.22. The average Bonchev–Trinajstić information content (AvgIpc) is 2.84. The molecule has 0 unspecified atom stereocenters. The van der Waals surface area contributed by atoms with Crippen LogP contribution in [-0.2, 0) is 23.9 Å². The van der Waals surface area contributed by atoms with Crippen molar-refractivity contribution in [2.75, 3.05) is 0 Å². The van der Waals surface area contributed by atoms with Gasteiger partial charge in [-0.3, -0.25) is 4.79 Å². The smallest absolute Gasteiger partial charge is 0.334 e. The summed E-state index contributed by atoms with van der Waals surface area (Å²) in [5.74, 6) is -2.10. The number of ether oxygens (including phenoxy) is 2. The van der Waals surface area contributed by atoms with Gasteiger partial charge in [-0.1, -0.05) is 18.2 Å². The van der Waals surface area contributed by atoms with E-state index in [9.17, 15) is 19.5 Å². The Morgan fingerprint density at radius 3 is 2.69 bits per heavy atom. The first-order valence-corrected chi connectivity index (χ1v) is 8.73. The second-order valence-corrected chi connectivity index (χ2v) is 7.25. The van der Waals surface area contributed by atoms with Gasteiger partial charge in [0.05, 0.1) is 5.92 Å². The Morgan fingerprint density at radius 2 is 2.08 bits per heavy atom. The maximum Gasteiger partial charge on any atom is 0.334 e. The van der Waals surface area contributed by atoms with Gasteiger partial charge in [-0.25, -0.2) is 9.59 Å². The van der Waals surface area contributed by atoms with Crippen LogP contribution in [0, 0.1) is 5.92 Å². The normalized spacial score (nSPS) is 35.3. The van der Waals surface area contributed by atoms with E-state index in [2.05, 4.69) is 6.58 Å². The van der Waals surface area contributed by atoms with E-state index in [0.29, 0.717) is 12.0 Å². The van der Waals surface area contributed by atoms with Crippen LogP contribution in [0.2, 0.25) is 0 Å². The molecule has 4 atom stereocenters. The van der Waals surface area contributed by atoms with Crippen molar-refractivity contribution in [1.29, 1.82) is 0 Å². The van der Waals surface area contributed by atoms with E-state index >= 15 is 0 Å². The van der Waals surface area contributed by atoms with Gasteiger partial charge >= 0.3 is 11.9 Å². The zero-order valence-electron chi connectivity index (χ0n) is 15.7. The Labute approximate surface area is 153 Å². The van der Waals surface area contributed by atoms with Gasteiger partial charge in [-0.05, 0) is 40.2 Å². The van der Waals surface area contributed by atoms with Gasteiger partial charge in [0.25, 0.3) is 0 Å². The molecule has 6 nitrogen and oxygen atoms in total. The van der Waals surface area contributed by atoms with E-state index in [-0.39, 0.29) is 24.2 Å². The number of rotatable bonds is 2. The van der Waals surface area contributed by atoms with Crippen LogP contribution in [0.25, 0.3) is 0 Å². The molecular formula is C20H26O6. The molecule has 0 aromatic carbocycles. The third-order valence-corrected chi connectivity index (χ3v) is 5.07. The highest BCUT2D eigenvalue weighted by Crippen LogP contribution is 2.37. The molecule has 1 saturated heterocycles. The molecule has 1 N–H and O–H groups in total. The van der Waals surface area contributed by atoms with E-state index in [1.807, 2.05) is 6.92 Å². The molecule has 2 aliphatic rings. The van der Waals surface area contributed by atoms with Crippen LogP contribution in [0.15, 0.2) is 35.5 Å². The Balaban J connectivity index is 2.47. The van der Waals surface area contributed by atoms with Gasteiger partial charge in [0.1, 0.15) is 17.8 Å². The molecule has 0 spiro atoms. The topological polar surface area (TPSA) is 89.9 Å². The molecule has 0 aromatic rings. The molecule has 1 heterocycles. The molecule has 0 amide bonds. The predicted octanol–water partition coefficient (Wildman–Crippen LogP) is 2.41. The van der Waals surface area contributed by atoms with Crippen molar-refractivity contribution in [3.05, 3.63) is 35.5 Å². The lowest BCUT2D eigenvalue weighted by atomic mass is 9.80. The van der Waals surface area contributed by atoms with Gasteiger partial charge in [0.2, 0.25) is 0 Å². The number of carbonyl (C=O) groups excluding carboxylic acids is 3. The summed E-state index contributed by atoms with van der Waals surface area (Å²) in [6.45, 7) is 10.3. The highest BCUT2D eigenvalue weighted by molar-refractivity contribution is 5.92. The van der Waals surface area contributed by atoms with Crippen LogP contribution in [0.1, 0.15) is 47.0 Å². The molecule has 1 aliphatic carbocycles. The van der Waals surface area contributed by atoms with Crippen molar-refractivity contribution in [3.8, 4) is 0 Å². The van der Waals surface area contributed by atoms with Gasteiger partial charge in [-0.2, -0.15) is 0 Å². The van der Waals surface area contributed by atoms with Crippen LogP contribution in [0.4, 0.5) is 0 Å². The average molecular weight is 362 g/mol. The fraction of sp³-hybridized carbons (Fsp3) is 0.550. The fourth-order valence-electron chi connectivity index (χ4n) is 3.22. The van der Waals surface area contributed by atoms with Gasteiger partial charge in [0.15, 0.2) is 5.78 Å². The molecule has 1 aliphatic heterocycles. The summed E-state index contributed by atoms with van der Waals surface area (Å²) >= 11 is 0. The number of ketones is 1. The number of hydrogen-bond acceptors (Lipinski definition) is 6. The summed E-state index contributed by atoms with van der Waals surface area (Å²) < 4.78 is 11.0. The number of Topliss-reactive ketones (excluding diaryl/α,β-unsaturated/α-hetero) is 1. The van der Waals surface area contributed by atoms with Crippen molar-refractivity contribution < 1.29 is 29.0 Å². The van der Waals surface area contributed by atoms with E-state index in [0.717, 1.165) is 5.57 Å². The maximum absolute atomic E-state index is 12.4. The molecule has 26 heavy (non-hydrogen) atoms. The SMILES string of the molecule is C=C1C(=O)O[C@@H]2/C=C(\C)CCC(=O)[C@@](C)(O)C[C@@H](OC(=O)/C(C)=C\C)[C@@H]12. The van der Waals surface area contributed by atoms with Gasteiger partial charge < -0.3 is 14.6 Å². The molecule has 6 heteroatoms. The lowest BCUT2D eigenvalue weighted by Crippen LogP contribution is -2.44. The summed E-state index contributed by atoms with van der Waals surface area (Å²) in [5, 5.41) is 10.7. The molecular weight excluding hydrogens is 336 g/mol. The first kappa shape index (κ1) is 20.1. The molecule has 142 valence electrons. The third kappa shape index (κ3) is 4.12. The number of esters is 2. The number of aliphatic hydroxyl groups is 1. The summed E-state index contributed by atoms with van der Waals surface area (Å²) in [5.41, 5.74) is -0.239. The molecule has 2 rings (SSSR count). The predicted molar refractivity (Wildman–Crippen MR) is 95.1 cm³/mol. The van der Waals surface area contributed by atoms with E-state index in [1.165, 1.54) is 6.92 Å². The Kier molecular flexibility index (Phi) is 5.86. The van der Waals surface area contributed by atoms with Crippen molar-refractivity contribution in [2.24, 2.45) is 5.92 Å². The number of carbonyl (C=O) groups is 3. The number of hydrogen-bond donors (Lipinski definition) is 1. The summed E-state index contributed by atoms with van der Waals surface area (Å²) in [7, 11) is 0. The highest BCUT2D eigenvalue weighted by Gasteiger charge is 2.48. The van der Waals surface area contributed by atoms with Gasteiger partial charge in [-0.15, -0.1) is 0 Å². The minimum absolute atomic E-state index is 0.127. The first-order chi connectivity index (χ1) is 12.1. The highest BCUT2D eigenvalue weighted by atomic mass is 16.6. The minimum atomic E-state index is -1.68. The molecule has 1 fully saturated rings. The molecule has 0 aromatic heterocycles. The number of fused-ring (bicyclic) bond motifs is 1.